The van der Waals surface area contributed by atoms with Crippen molar-refractivity contribution >= 4 is 5.91 Å². The van der Waals surface area contributed by atoms with Crippen LogP contribution in [0.5, 0.6) is 11.5 Å². The fourth-order valence-electron chi connectivity index (χ4n) is 4.02. The molecule has 0 aliphatic carbocycles. The molecule has 172 valence electrons. The number of rotatable bonds is 6. The van der Waals surface area contributed by atoms with Crippen molar-refractivity contribution in [2.45, 2.75) is 30.7 Å². The first-order chi connectivity index (χ1) is 15.3. The van der Waals surface area contributed by atoms with Gasteiger partial charge in [0.15, 0.2) is 11.5 Å². The molecule has 2 atom stereocenters. The standard InChI is InChI=1S/C22H23F3N2O5/c1-29-17-12-15(5-6-16(17)30-11-8-22(23,24)25)20(28)27-10-7-21(18-4-2-3-9-26-18)19(13-27)31-14-32-21/h2-6,9,12,19H,7-8,10-11,13-14H2,1H3/t19-,21-/m1/s1. The minimum absolute atomic E-state index is 0.126. The highest BCUT2D eigenvalue weighted by Crippen LogP contribution is 2.42. The van der Waals surface area contributed by atoms with Crippen LogP contribution < -0.4 is 9.47 Å². The summed E-state index contributed by atoms with van der Waals surface area (Å²) in [6.45, 7) is 0.345. The van der Waals surface area contributed by atoms with E-state index in [4.69, 9.17) is 18.9 Å². The summed E-state index contributed by atoms with van der Waals surface area (Å²) < 4.78 is 59.2. The number of pyridine rings is 1. The number of hydrogen-bond donors (Lipinski definition) is 0. The first-order valence-corrected chi connectivity index (χ1v) is 10.2. The Labute approximate surface area is 183 Å². The highest BCUT2D eigenvalue weighted by molar-refractivity contribution is 5.95. The largest absolute Gasteiger partial charge is 0.493 e. The lowest BCUT2D eigenvalue weighted by Gasteiger charge is -2.41. The molecule has 2 fully saturated rings. The van der Waals surface area contributed by atoms with Crippen LogP contribution in [0, 0.1) is 0 Å². The third kappa shape index (κ3) is 4.51. The van der Waals surface area contributed by atoms with Crippen LogP contribution in [0.15, 0.2) is 42.6 Å². The minimum Gasteiger partial charge on any atom is -0.493 e. The smallest absolute Gasteiger partial charge is 0.392 e. The van der Waals surface area contributed by atoms with Gasteiger partial charge >= 0.3 is 6.18 Å². The molecule has 0 saturated carbocycles. The Morgan fingerprint density at radius 2 is 2.12 bits per heavy atom. The van der Waals surface area contributed by atoms with Crippen LogP contribution in [0.4, 0.5) is 13.2 Å². The molecule has 0 N–H and O–H groups in total. The molecule has 0 bridgehead atoms. The molecule has 3 heterocycles. The molecular formula is C22H23F3N2O5. The zero-order chi connectivity index (χ0) is 22.8. The van der Waals surface area contributed by atoms with Gasteiger partial charge in [-0.2, -0.15) is 13.2 Å². The Balaban J connectivity index is 1.46. The van der Waals surface area contributed by atoms with Gasteiger partial charge in [0.1, 0.15) is 18.5 Å². The predicted octanol–water partition coefficient (Wildman–Crippen LogP) is 3.54. The summed E-state index contributed by atoms with van der Waals surface area (Å²) in [6, 6.07) is 10.0. The van der Waals surface area contributed by atoms with Gasteiger partial charge < -0.3 is 23.8 Å². The van der Waals surface area contributed by atoms with Gasteiger partial charge in [-0.25, -0.2) is 0 Å². The van der Waals surface area contributed by atoms with E-state index in [2.05, 4.69) is 4.98 Å². The van der Waals surface area contributed by atoms with Gasteiger partial charge in [0, 0.05) is 24.7 Å². The number of ether oxygens (including phenoxy) is 4. The maximum absolute atomic E-state index is 13.1. The van der Waals surface area contributed by atoms with E-state index in [1.165, 1.54) is 25.3 Å². The maximum Gasteiger partial charge on any atom is 0.392 e. The van der Waals surface area contributed by atoms with Crippen LogP contribution >= 0.6 is 0 Å². The summed E-state index contributed by atoms with van der Waals surface area (Å²) >= 11 is 0. The van der Waals surface area contributed by atoms with Crippen molar-refractivity contribution in [2.24, 2.45) is 0 Å². The Kier molecular flexibility index (Phi) is 6.25. The Bertz CT molecular complexity index is 956. The Hall–Kier alpha value is -2.85. The van der Waals surface area contributed by atoms with Gasteiger partial charge in [-0.3, -0.25) is 9.78 Å². The lowest BCUT2D eigenvalue weighted by atomic mass is 9.85. The quantitative estimate of drug-likeness (QED) is 0.668. The third-order valence-electron chi connectivity index (χ3n) is 5.68. The second-order valence-corrected chi connectivity index (χ2v) is 7.60. The van der Waals surface area contributed by atoms with Crippen molar-refractivity contribution in [3.63, 3.8) is 0 Å². The first-order valence-electron chi connectivity index (χ1n) is 10.2. The summed E-state index contributed by atoms with van der Waals surface area (Å²) in [4.78, 5) is 19.2. The molecule has 1 aromatic carbocycles. The summed E-state index contributed by atoms with van der Waals surface area (Å²) in [5, 5.41) is 0. The van der Waals surface area contributed by atoms with E-state index in [0.29, 0.717) is 25.1 Å². The van der Waals surface area contributed by atoms with Crippen molar-refractivity contribution in [2.75, 3.05) is 33.6 Å². The summed E-state index contributed by atoms with van der Waals surface area (Å²) in [5.74, 6) is 0.0993. The number of aromatic nitrogens is 1. The minimum atomic E-state index is -4.31. The summed E-state index contributed by atoms with van der Waals surface area (Å²) in [5.41, 5.74) is 0.428. The van der Waals surface area contributed by atoms with Crippen LogP contribution in [-0.4, -0.2) is 61.7 Å². The summed E-state index contributed by atoms with van der Waals surface area (Å²) in [6.07, 6.45) is -3.52. The molecular weight excluding hydrogens is 429 g/mol. The topological polar surface area (TPSA) is 70.1 Å². The molecule has 0 spiro atoms. The van der Waals surface area contributed by atoms with E-state index in [1.54, 1.807) is 11.1 Å². The molecule has 2 aromatic rings. The van der Waals surface area contributed by atoms with Crippen LogP contribution in [-0.2, 0) is 15.1 Å². The number of halogens is 3. The number of amides is 1. The van der Waals surface area contributed by atoms with E-state index < -0.39 is 24.8 Å². The van der Waals surface area contributed by atoms with E-state index in [0.717, 1.165) is 5.69 Å². The number of alkyl halides is 3. The summed E-state index contributed by atoms with van der Waals surface area (Å²) in [7, 11) is 1.37. The molecule has 1 aromatic heterocycles. The second-order valence-electron chi connectivity index (χ2n) is 7.60. The number of hydrogen-bond acceptors (Lipinski definition) is 6. The van der Waals surface area contributed by atoms with Gasteiger partial charge in [-0.05, 0) is 30.3 Å². The Morgan fingerprint density at radius 1 is 1.28 bits per heavy atom. The molecule has 10 heteroatoms. The van der Waals surface area contributed by atoms with Gasteiger partial charge in [-0.15, -0.1) is 0 Å². The van der Waals surface area contributed by atoms with Crippen LogP contribution in [0.25, 0.3) is 0 Å². The number of piperidine rings is 1. The maximum atomic E-state index is 13.1. The molecule has 2 aliphatic rings. The molecule has 0 unspecified atom stereocenters. The van der Waals surface area contributed by atoms with Crippen molar-refractivity contribution in [1.82, 2.24) is 9.88 Å². The number of methoxy groups -OCH3 is 1. The van der Waals surface area contributed by atoms with Gasteiger partial charge in [0.25, 0.3) is 5.91 Å². The Morgan fingerprint density at radius 3 is 2.84 bits per heavy atom. The van der Waals surface area contributed by atoms with E-state index in [-0.39, 0.29) is 30.3 Å². The van der Waals surface area contributed by atoms with Crippen LogP contribution in [0.1, 0.15) is 28.9 Å². The predicted molar refractivity (Wildman–Crippen MR) is 106 cm³/mol. The molecule has 0 radical (unpaired) electrons. The number of carbonyl (C=O) groups excluding carboxylic acids is 1. The lowest BCUT2D eigenvalue weighted by Crippen LogP contribution is -2.53. The van der Waals surface area contributed by atoms with Crippen molar-refractivity contribution in [3.05, 3.63) is 53.9 Å². The molecule has 1 amide bonds. The average molecular weight is 452 g/mol. The van der Waals surface area contributed by atoms with Crippen molar-refractivity contribution < 1.29 is 36.9 Å². The van der Waals surface area contributed by atoms with E-state index in [1.807, 2.05) is 18.2 Å². The number of benzene rings is 1. The average Bonchev–Trinajstić information content (AvgIpc) is 3.23. The van der Waals surface area contributed by atoms with E-state index in [9.17, 15) is 18.0 Å². The monoisotopic (exact) mass is 452 g/mol. The fourth-order valence-corrected chi connectivity index (χ4v) is 4.02. The van der Waals surface area contributed by atoms with E-state index >= 15 is 0 Å². The van der Waals surface area contributed by atoms with Gasteiger partial charge in [0.05, 0.1) is 32.4 Å². The highest BCUT2D eigenvalue weighted by Gasteiger charge is 2.52. The van der Waals surface area contributed by atoms with Crippen molar-refractivity contribution in [3.8, 4) is 11.5 Å². The fraction of sp³-hybridized carbons (Fsp3) is 0.455. The number of carbonyl (C=O) groups is 1. The zero-order valence-corrected chi connectivity index (χ0v) is 17.4. The number of nitrogens with zero attached hydrogens (tertiary/aromatic N) is 2. The molecule has 32 heavy (non-hydrogen) atoms. The second kappa shape index (κ2) is 8.95. The SMILES string of the molecule is COc1cc(C(=O)N2CC[C@]3(c4ccccn4)OCO[C@@H]3C2)ccc1OCCC(F)(F)F. The molecule has 4 rings (SSSR count). The highest BCUT2D eigenvalue weighted by atomic mass is 19.4. The number of likely N-dealkylation sites (tertiary alicyclic amines) is 1. The van der Waals surface area contributed by atoms with Crippen LogP contribution in [0.3, 0.4) is 0 Å². The number of fused-ring (bicyclic) bond motifs is 1. The zero-order valence-electron chi connectivity index (χ0n) is 17.4. The van der Waals surface area contributed by atoms with Gasteiger partial charge in [-0.1, -0.05) is 6.07 Å². The first kappa shape index (κ1) is 22.3. The van der Waals surface area contributed by atoms with Crippen LogP contribution in [0.2, 0.25) is 0 Å². The van der Waals surface area contributed by atoms with Crippen molar-refractivity contribution in [1.29, 1.82) is 0 Å². The van der Waals surface area contributed by atoms with Gasteiger partial charge in [0.2, 0.25) is 0 Å². The molecule has 7 nitrogen and oxygen atoms in total. The third-order valence-corrected chi connectivity index (χ3v) is 5.68. The lowest BCUT2D eigenvalue weighted by molar-refractivity contribution is -0.139. The normalized spacial score (nSPS) is 23.0. The molecule has 2 saturated heterocycles. The molecule has 2 aliphatic heterocycles.